The average Bonchev–Trinajstić information content (AvgIpc) is 3.51. The van der Waals surface area contributed by atoms with Crippen LogP contribution in [0.2, 0.25) is 0 Å². The molecule has 0 radical (unpaired) electrons. The molecule has 3 saturated carbocycles. The number of ketones is 1. The zero-order chi connectivity index (χ0) is 21.8. The Bertz CT molecular complexity index is 882. The van der Waals surface area contributed by atoms with Gasteiger partial charge in [0.05, 0.1) is 0 Å². The second-order valence-electron chi connectivity index (χ2n) is 10.7. The molecule has 5 rings (SSSR count). The van der Waals surface area contributed by atoms with Crippen LogP contribution in [-0.4, -0.2) is 34.9 Å². The van der Waals surface area contributed by atoms with Gasteiger partial charge in [0.1, 0.15) is 5.78 Å². The minimum atomic E-state index is -1.42. The van der Waals surface area contributed by atoms with Crippen molar-refractivity contribution in [3.05, 3.63) is 29.3 Å². The van der Waals surface area contributed by atoms with Crippen molar-refractivity contribution in [2.75, 3.05) is 0 Å². The van der Waals surface area contributed by atoms with Gasteiger partial charge in [-0.05, 0) is 91.6 Å². The molecular formula is C25H34BNO4. The molecule has 3 N–H and O–H groups in total. The fourth-order valence-corrected chi connectivity index (χ4v) is 7.14. The van der Waals surface area contributed by atoms with Gasteiger partial charge in [0, 0.05) is 24.3 Å². The predicted octanol–water partition coefficient (Wildman–Crippen LogP) is 2.47. The summed E-state index contributed by atoms with van der Waals surface area (Å²) in [5.41, 5.74) is 2.95. The smallest absolute Gasteiger partial charge is 0.423 e. The molecule has 4 aliphatic rings. The fourth-order valence-electron chi connectivity index (χ4n) is 7.14. The number of amides is 1. The van der Waals surface area contributed by atoms with Gasteiger partial charge in [0.15, 0.2) is 0 Å². The Morgan fingerprint density at radius 1 is 1.23 bits per heavy atom. The largest absolute Gasteiger partial charge is 0.488 e. The molecule has 1 aromatic rings. The van der Waals surface area contributed by atoms with Gasteiger partial charge in [0.2, 0.25) is 5.91 Å². The first-order chi connectivity index (χ1) is 14.9. The summed E-state index contributed by atoms with van der Waals surface area (Å²) in [6, 6.07) is 6.31. The van der Waals surface area contributed by atoms with Crippen molar-refractivity contribution in [2.24, 2.45) is 23.2 Å². The number of carbonyl (C=O) groups excluding carboxylic acids is 2. The normalized spacial score (nSPS) is 34.0. The summed E-state index contributed by atoms with van der Waals surface area (Å²) in [5.74, 6) is 2.37. The van der Waals surface area contributed by atoms with E-state index in [-0.39, 0.29) is 11.3 Å². The molecule has 4 aliphatic carbocycles. The molecule has 0 aliphatic heterocycles. The average molecular weight is 423 g/mol. The first-order valence-corrected chi connectivity index (χ1v) is 12.2. The van der Waals surface area contributed by atoms with Gasteiger partial charge >= 0.3 is 7.12 Å². The van der Waals surface area contributed by atoms with E-state index in [0.29, 0.717) is 53.8 Å². The minimum absolute atomic E-state index is 0.171. The molecule has 0 spiro atoms. The van der Waals surface area contributed by atoms with E-state index >= 15 is 0 Å². The lowest BCUT2D eigenvalue weighted by Gasteiger charge is -2.50. The lowest BCUT2D eigenvalue weighted by Crippen LogP contribution is -2.44. The summed E-state index contributed by atoms with van der Waals surface area (Å²) in [5, 5.41) is 22.2. The first-order valence-electron chi connectivity index (χ1n) is 12.2. The van der Waals surface area contributed by atoms with Crippen LogP contribution in [0.25, 0.3) is 0 Å². The van der Waals surface area contributed by atoms with E-state index in [9.17, 15) is 19.6 Å². The Morgan fingerprint density at radius 3 is 2.77 bits per heavy atom. The SMILES string of the molecule is C[C@]12CC[C@@H]3c4ccc(B(O)O)cc4CC[C@H]3[C@@H]1[C@@H](CCCC(=O)NC1CC1)CC2=O. The molecule has 0 unspecified atom stereocenters. The van der Waals surface area contributed by atoms with Crippen LogP contribution in [0.5, 0.6) is 0 Å². The molecule has 31 heavy (non-hydrogen) atoms. The van der Waals surface area contributed by atoms with Crippen molar-refractivity contribution in [3.63, 3.8) is 0 Å². The molecular weight excluding hydrogens is 389 g/mol. The van der Waals surface area contributed by atoms with Crippen molar-refractivity contribution in [1.29, 1.82) is 0 Å². The Morgan fingerprint density at radius 2 is 2.03 bits per heavy atom. The molecule has 5 atom stereocenters. The van der Waals surface area contributed by atoms with E-state index in [1.54, 1.807) is 0 Å². The van der Waals surface area contributed by atoms with Crippen molar-refractivity contribution in [2.45, 2.75) is 83.1 Å². The molecule has 1 amide bonds. The second kappa shape index (κ2) is 8.04. The zero-order valence-corrected chi connectivity index (χ0v) is 18.5. The number of aryl methyl sites for hydroxylation is 1. The number of Topliss-reactive ketones (excluding diaryl/α,β-unsaturated/α-hetero) is 1. The Hall–Kier alpha value is -1.66. The molecule has 166 valence electrons. The van der Waals surface area contributed by atoms with Gasteiger partial charge in [-0.1, -0.05) is 25.1 Å². The van der Waals surface area contributed by atoms with E-state index in [4.69, 9.17) is 0 Å². The van der Waals surface area contributed by atoms with Crippen LogP contribution in [0.1, 0.15) is 81.8 Å². The number of rotatable bonds is 6. The third-order valence-corrected chi connectivity index (χ3v) is 8.81. The summed E-state index contributed by atoms with van der Waals surface area (Å²) in [7, 11) is -1.42. The number of hydrogen-bond donors (Lipinski definition) is 3. The zero-order valence-electron chi connectivity index (χ0n) is 18.5. The van der Waals surface area contributed by atoms with Gasteiger partial charge < -0.3 is 15.4 Å². The molecule has 0 aromatic heterocycles. The molecule has 1 aromatic carbocycles. The molecule has 6 heteroatoms. The summed E-state index contributed by atoms with van der Waals surface area (Å²) in [6.07, 6.45) is 9.31. The number of fused-ring (bicyclic) bond motifs is 5. The maximum absolute atomic E-state index is 13.1. The third-order valence-electron chi connectivity index (χ3n) is 8.81. The van der Waals surface area contributed by atoms with Gasteiger partial charge in [-0.3, -0.25) is 9.59 Å². The van der Waals surface area contributed by atoms with Crippen LogP contribution in [0.15, 0.2) is 18.2 Å². The first kappa shape index (κ1) is 21.2. The van der Waals surface area contributed by atoms with Crippen molar-refractivity contribution in [3.8, 4) is 0 Å². The summed E-state index contributed by atoms with van der Waals surface area (Å²) in [6.45, 7) is 2.21. The van der Waals surface area contributed by atoms with Crippen LogP contribution >= 0.6 is 0 Å². The lowest BCUT2D eigenvalue weighted by atomic mass is 9.53. The predicted molar refractivity (Wildman–Crippen MR) is 120 cm³/mol. The van der Waals surface area contributed by atoms with Crippen LogP contribution in [0.4, 0.5) is 0 Å². The van der Waals surface area contributed by atoms with Crippen molar-refractivity contribution >= 4 is 24.3 Å². The van der Waals surface area contributed by atoms with E-state index in [0.717, 1.165) is 51.4 Å². The highest BCUT2D eigenvalue weighted by Gasteiger charge is 2.58. The number of hydrogen-bond acceptors (Lipinski definition) is 4. The molecule has 0 heterocycles. The van der Waals surface area contributed by atoms with E-state index in [1.807, 2.05) is 12.1 Å². The van der Waals surface area contributed by atoms with E-state index in [1.165, 1.54) is 11.1 Å². The summed E-state index contributed by atoms with van der Waals surface area (Å²) >= 11 is 0. The molecule has 5 nitrogen and oxygen atoms in total. The van der Waals surface area contributed by atoms with Crippen LogP contribution in [-0.2, 0) is 16.0 Å². The minimum Gasteiger partial charge on any atom is -0.423 e. The van der Waals surface area contributed by atoms with Gasteiger partial charge in [-0.15, -0.1) is 0 Å². The molecule has 0 bridgehead atoms. The van der Waals surface area contributed by atoms with Crippen LogP contribution < -0.4 is 10.8 Å². The van der Waals surface area contributed by atoms with Crippen molar-refractivity contribution < 1.29 is 19.6 Å². The highest BCUT2D eigenvalue weighted by atomic mass is 16.4. The van der Waals surface area contributed by atoms with Gasteiger partial charge in [-0.2, -0.15) is 0 Å². The standard InChI is InChI=1S/C25H34BNO4/c1-25-12-11-20-19-10-6-17(26(30)31)13-15(19)5-9-21(20)24(25)16(14-22(25)28)3-2-4-23(29)27-18-7-8-18/h6,10,13,16,18,20-21,24,30-31H,2-5,7-9,11-12,14H2,1H3,(H,27,29)/t16-,20+,21+,24-,25+/m0/s1. The number of carbonyl (C=O) groups is 2. The van der Waals surface area contributed by atoms with Crippen LogP contribution in [0, 0.1) is 23.2 Å². The molecule has 0 saturated heterocycles. The monoisotopic (exact) mass is 423 g/mol. The summed E-state index contributed by atoms with van der Waals surface area (Å²) in [4.78, 5) is 25.2. The summed E-state index contributed by atoms with van der Waals surface area (Å²) < 4.78 is 0. The molecule has 3 fully saturated rings. The highest BCUT2D eigenvalue weighted by molar-refractivity contribution is 6.58. The van der Waals surface area contributed by atoms with E-state index < -0.39 is 7.12 Å². The Kier molecular flexibility index (Phi) is 5.50. The lowest BCUT2D eigenvalue weighted by molar-refractivity contribution is -0.129. The van der Waals surface area contributed by atoms with Gasteiger partial charge in [0.25, 0.3) is 0 Å². The van der Waals surface area contributed by atoms with Gasteiger partial charge in [-0.25, -0.2) is 0 Å². The van der Waals surface area contributed by atoms with Crippen LogP contribution in [0.3, 0.4) is 0 Å². The van der Waals surface area contributed by atoms with E-state index in [2.05, 4.69) is 18.3 Å². The fraction of sp³-hybridized carbons (Fsp3) is 0.680. The number of nitrogens with one attached hydrogen (secondary N) is 1. The third kappa shape index (κ3) is 3.86. The second-order valence-corrected chi connectivity index (χ2v) is 10.7. The quantitative estimate of drug-likeness (QED) is 0.614. The Balaban J connectivity index is 1.32. The maximum atomic E-state index is 13.1. The Labute approximate surface area is 185 Å². The van der Waals surface area contributed by atoms with Crippen molar-refractivity contribution in [1.82, 2.24) is 5.32 Å². The topological polar surface area (TPSA) is 86.6 Å². The maximum Gasteiger partial charge on any atom is 0.488 e. The number of benzene rings is 1. The highest BCUT2D eigenvalue weighted by Crippen LogP contribution is 2.62.